The molecule has 0 unspecified atom stereocenters. The van der Waals surface area contributed by atoms with Gasteiger partial charge in [0, 0.05) is 12.8 Å². The number of ether oxygens (including phenoxy) is 2. The van der Waals surface area contributed by atoms with E-state index >= 15 is 0 Å². The van der Waals surface area contributed by atoms with Crippen molar-refractivity contribution in [2.45, 2.75) is 19.4 Å². The van der Waals surface area contributed by atoms with Gasteiger partial charge in [-0.25, -0.2) is 4.98 Å². The standard InChI is InChI=1S/C10H14N2O3/c1-14-10-7-6-15-5-3-8(7)11-9(12-10)2-4-13/h13H,2-6H2,1H3. The minimum absolute atomic E-state index is 0.0540. The molecule has 0 radical (unpaired) electrons. The maximum Gasteiger partial charge on any atom is 0.222 e. The molecule has 1 aliphatic rings. The predicted molar refractivity (Wildman–Crippen MR) is 52.7 cm³/mol. The van der Waals surface area contributed by atoms with E-state index in [9.17, 15) is 0 Å². The number of nitrogens with zero attached hydrogens (tertiary/aromatic N) is 2. The Morgan fingerprint density at radius 2 is 2.33 bits per heavy atom. The third-order valence-corrected chi connectivity index (χ3v) is 2.36. The molecule has 1 aromatic heterocycles. The van der Waals surface area contributed by atoms with Gasteiger partial charge in [-0.3, -0.25) is 0 Å². The highest BCUT2D eigenvalue weighted by molar-refractivity contribution is 5.31. The van der Waals surface area contributed by atoms with Gasteiger partial charge in [-0.1, -0.05) is 0 Å². The molecule has 0 aliphatic carbocycles. The van der Waals surface area contributed by atoms with Crippen molar-refractivity contribution < 1.29 is 14.6 Å². The molecule has 82 valence electrons. The second-order valence-corrected chi connectivity index (χ2v) is 3.35. The topological polar surface area (TPSA) is 64.5 Å². The first kappa shape index (κ1) is 10.3. The number of methoxy groups -OCH3 is 1. The zero-order valence-corrected chi connectivity index (χ0v) is 8.69. The van der Waals surface area contributed by atoms with E-state index in [1.807, 2.05) is 0 Å². The summed E-state index contributed by atoms with van der Waals surface area (Å²) in [7, 11) is 1.58. The second-order valence-electron chi connectivity index (χ2n) is 3.35. The zero-order valence-electron chi connectivity index (χ0n) is 8.69. The minimum atomic E-state index is 0.0540. The molecule has 0 amide bonds. The monoisotopic (exact) mass is 210 g/mol. The highest BCUT2D eigenvalue weighted by Crippen LogP contribution is 2.23. The van der Waals surface area contributed by atoms with Crippen LogP contribution in [0.3, 0.4) is 0 Å². The average Bonchev–Trinajstić information content (AvgIpc) is 2.28. The van der Waals surface area contributed by atoms with Crippen LogP contribution in [0.15, 0.2) is 0 Å². The van der Waals surface area contributed by atoms with E-state index in [-0.39, 0.29) is 6.61 Å². The van der Waals surface area contributed by atoms with Gasteiger partial charge in [-0.2, -0.15) is 4.98 Å². The first-order chi connectivity index (χ1) is 7.35. The molecule has 15 heavy (non-hydrogen) atoms. The molecular weight excluding hydrogens is 196 g/mol. The molecule has 2 heterocycles. The average molecular weight is 210 g/mol. The van der Waals surface area contributed by atoms with Crippen LogP contribution in [0, 0.1) is 0 Å². The molecule has 5 heteroatoms. The van der Waals surface area contributed by atoms with Gasteiger partial charge in [0.15, 0.2) is 0 Å². The number of rotatable bonds is 3. The number of aliphatic hydroxyl groups is 1. The lowest BCUT2D eigenvalue weighted by Crippen LogP contribution is -2.16. The van der Waals surface area contributed by atoms with Gasteiger partial charge in [0.2, 0.25) is 5.88 Å². The van der Waals surface area contributed by atoms with Crippen LogP contribution < -0.4 is 4.74 Å². The van der Waals surface area contributed by atoms with E-state index in [1.54, 1.807) is 7.11 Å². The summed E-state index contributed by atoms with van der Waals surface area (Å²) < 4.78 is 10.5. The highest BCUT2D eigenvalue weighted by atomic mass is 16.5. The van der Waals surface area contributed by atoms with Crippen LogP contribution in [0.4, 0.5) is 0 Å². The smallest absolute Gasteiger partial charge is 0.222 e. The molecule has 1 aliphatic heterocycles. The van der Waals surface area contributed by atoms with E-state index in [2.05, 4.69) is 9.97 Å². The fourth-order valence-electron chi connectivity index (χ4n) is 1.63. The summed E-state index contributed by atoms with van der Waals surface area (Å²) >= 11 is 0. The Morgan fingerprint density at radius 1 is 1.47 bits per heavy atom. The number of hydrogen-bond acceptors (Lipinski definition) is 5. The fraction of sp³-hybridized carbons (Fsp3) is 0.600. The molecule has 0 spiro atoms. The first-order valence-electron chi connectivity index (χ1n) is 4.96. The van der Waals surface area contributed by atoms with Gasteiger partial charge in [-0.15, -0.1) is 0 Å². The molecule has 0 saturated heterocycles. The van der Waals surface area contributed by atoms with Crippen molar-refractivity contribution in [1.29, 1.82) is 0 Å². The minimum Gasteiger partial charge on any atom is -0.481 e. The molecular formula is C10H14N2O3. The van der Waals surface area contributed by atoms with Gasteiger partial charge in [0.05, 0.1) is 38.2 Å². The van der Waals surface area contributed by atoms with Crippen molar-refractivity contribution in [2.75, 3.05) is 20.3 Å². The molecule has 2 rings (SSSR count). The summed E-state index contributed by atoms with van der Waals surface area (Å²) in [5.41, 5.74) is 1.92. The molecule has 0 aromatic carbocycles. The van der Waals surface area contributed by atoms with Gasteiger partial charge < -0.3 is 14.6 Å². The van der Waals surface area contributed by atoms with Crippen LogP contribution in [-0.4, -0.2) is 35.4 Å². The Labute approximate surface area is 88.1 Å². The summed E-state index contributed by atoms with van der Waals surface area (Å²) in [5.74, 6) is 1.21. The van der Waals surface area contributed by atoms with E-state index in [4.69, 9.17) is 14.6 Å². The van der Waals surface area contributed by atoms with Crippen LogP contribution in [-0.2, 0) is 24.2 Å². The van der Waals surface area contributed by atoms with Gasteiger partial charge in [0.25, 0.3) is 0 Å². The van der Waals surface area contributed by atoms with Crippen molar-refractivity contribution in [3.8, 4) is 5.88 Å². The van der Waals surface area contributed by atoms with E-state index in [1.165, 1.54) is 0 Å². The Morgan fingerprint density at radius 3 is 3.07 bits per heavy atom. The third-order valence-electron chi connectivity index (χ3n) is 2.36. The van der Waals surface area contributed by atoms with Crippen LogP contribution in [0.25, 0.3) is 0 Å². The van der Waals surface area contributed by atoms with Crippen molar-refractivity contribution in [2.24, 2.45) is 0 Å². The van der Waals surface area contributed by atoms with Gasteiger partial charge >= 0.3 is 0 Å². The van der Waals surface area contributed by atoms with Crippen LogP contribution in [0.1, 0.15) is 17.1 Å². The molecule has 1 N–H and O–H groups in total. The lowest BCUT2D eigenvalue weighted by Gasteiger charge is -2.18. The van der Waals surface area contributed by atoms with E-state index < -0.39 is 0 Å². The molecule has 1 aromatic rings. The summed E-state index contributed by atoms with van der Waals surface area (Å²) in [6.45, 7) is 1.25. The SMILES string of the molecule is COc1nc(CCO)nc2c1COCC2. The van der Waals surface area contributed by atoms with Crippen LogP contribution >= 0.6 is 0 Å². The third kappa shape index (κ3) is 2.08. The normalized spacial score (nSPS) is 14.8. The van der Waals surface area contributed by atoms with Crippen molar-refractivity contribution >= 4 is 0 Å². The quantitative estimate of drug-likeness (QED) is 0.766. The van der Waals surface area contributed by atoms with Crippen molar-refractivity contribution in [3.63, 3.8) is 0 Å². The summed E-state index contributed by atoms with van der Waals surface area (Å²) in [5, 5.41) is 8.84. The first-order valence-corrected chi connectivity index (χ1v) is 4.96. The Kier molecular flexibility index (Phi) is 3.13. The largest absolute Gasteiger partial charge is 0.481 e. The lowest BCUT2D eigenvalue weighted by atomic mass is 10.1. The number of fused-ring (bicyclic) bond motifs is 1. The van der Waals surface area contributed by atoms with Crippen molar-refractivity contribution in [3.05, 3.63) is 17.1 Å². The zero-order chi connectivity index (χ0) is 10.7. The summed E-state index contributed by atoms with van der Waals surface area (Å²) in [4.78, 5) is 8.60. The van der Waals surface area contributed by atoms with Gasteiger partial charge in [-0.05, 0) is 0 Å². The van der Waals surface area contributed by atoms with E-state index in [0.29, 0.717) is 31.3 Å². The second kappa shape index (κ2) is 4.55. The Balaban J connectivity index is 2.38. The Hall–Kier alpha value is -1.20. The molecule has 0 saturated carbocycles. The molecule has 0 bridgehead atoms. The fourth-order valence-corrected chi connectivity index (χ4v) is 1.63. The molecule has 0 fully saturated rings. The number of aromatic nitrogens is 2. The maximum atomic E-state index is 8.84. The highest BCUT2D eigenvalue weighted by Gasteiger charge is 2.18. The summed E-state index contributed by atoms with van der Waals surface area (Å²) in [6, 6.07) is 0. The van der Waals surface area contributed by atoms with Crippen molar-refractivity contribution in [1.82, 2.24) is 9.97 Å². The van der Waals surface area contributed by atoms with Crippen LogP contribution in [0.2, 0.25) is 0 Å². The molecule has 0 atom stereocenters. The number of hydrogen-bond donors (Lipinski definition) is 1. The van der Waals surface area contributed by atoms with Gasteiger partial charge in [0.1, 0.15) is 5.82 Å². The van der Waals surface area contributed by atoms with E-state index in [0.717, 1.165) is 17.7 Å². The lowest BCUT2D eigenvalue weighted by molar-refractivity contribution is 0.106. The predicted octanol–water partition coefficient (Wildman–Crippen LogP) is 0.0927. The summed E-state index contributed by atoms with van der Waals surface area (Å²) in [6.07, 6.45) is 1.25. The Bertz CT molecular complexity index is 338. The number of aliphatic hydroxyl groups excluding tert-OH is 1. The molecule has 5 nitrogen and oxygen atoms in total. The van der Waals surface area contributed by atoms with Crippen LogP contribution in [0.5, 0.6) is 5.88 Å². The maximum absolute atomic E-state index is 8.84.